The van der Waals surface area contributed by atoms with Gasteiger partial charge in [-0.2, -0.15) is 0 Å². The maximum Gasteiger partial charge on any atom is 0.337 e. The van der Waals surface area contributed by atoms with E-state index in [-0.39, 0.29) is 5.91 Å². The molecule has 0 spiro atoms. The van der Waals surface area contributed by atoms with Crippen LogP contribution in [0.25, 0.3) is 10.9 Å². The van der Waals surface area contributed by atoms with Crippen LogP contribution in [0.1, 0.15) is 27.8 Å². The number of rotatable bonds is 2. The summed E-state index contributed by atoms with van der Waals surface area (Å²) in [5, 5.41) is 0.914. The van der Waals surface area contributed by atoms with E-state index in [1.165, 1.54) is 14.0 Å². The van der Waals surface area contributed by atoms with Crippen molar-refractivity contribution in [3.8, 4) is 11.5 Å². The van der Waals surface area contributed by atoms with Crippen molar-refractivity contribution in [2.75, 3.05) is 7.11 Å². The molecule has 0 unspecified atom stereocenters. The lowest BCUT2D eigenvalue weighted by molar-refractivity contribution is 0.0600. The fourth-order valence-corrected chi connectivity index (χ4v) is 3.02. The molecule has 0 fully saturated rings. The number of nitrogens with zero attached hydrogens (tertiary/aromatic N) is 1. The molecule has 2 rings (SSSR count). The van der Waals surface area contributed by atoms with Gasteiger partial charge < -0.3 is 4.74 Å². The van der Waals surface area contributed by atoms with E-state index in [2.05, 4.69) is 31.1 Å². The lowest BCUT2D eigenvalue weighted by Crippen LogP contribution is -2.16. The number of ether oxygens (including phenoxy) is 1. The molecule has 1 heterocycles. The average molecular weight is 327 g/mol. The van der Waals surface area contributed by atoms with Gasteiger partial charge in [0.2, 0.25) is 5.91 Å². The largest absolute Gasteiger partial charge is 0.465 e. The molecule has 23 heavy (non-hydrogen) atoms. The lowest BCUT2D eigenvalue weighted by Gasteiger charge is -2.06. The van der Waals surface area contributed by atoms with Crippen LogP contribution in [0.3, 0.4) is 0 Å². The first-order valence-electron chi connectivity index (χ1n) is 7.46. The molecule has 0 saturated carbocycles. The van der Waals surface area contributed by atoms with Gasteiger partial charge in [-0.3, -0.25) is 9.36 Å². The summed E-state index contributed by atoms with van der Waals surface area (Å²) in [6.45, 7) is 8.06. The predicted octanol–water partition coefficient (Wildman–Crippen LogP) is 3.51. The lowest BCUT2D eigenvalue weighted by atomic mass is 10.1. The Kier molecular flexibility index (Phi) is 4.76. The summed E-state index contributed by atoms with van der Waals surface area (Å²) in [5.41, 5.74) is 5.30. The van der Waals surface area contributed by atoms with Crippen molar-refractivity contribution in [1.82, 2.24) is 4.57 Å². The molecule has 1 aromatic heterocycles. The number of aromatic nitrogens is 1. The Hall–Kier alpha value is -2.32. The second-order valence-corrected chi connectivity index (χ2v) is 11.2. The van der Waals surface area contributed by atoms with Crippen LogP contribution >= 0.6 is 0 Å². The van der Waals surface area contributed by atoms with Crippen molar-refractivity contribution in [2.45, 2.75) is 33.0 Å². The number of benzene rings is 1. The van der Waals surface area contributed by atoms with Gasteiger partial charge in [0.15, 0.2) is 0 Å². The molecule has 0 N–H and O–H groups in total. The maximum absolute atomic E-state index is 12.1. The fourth-order valence-electron chi connectivity index (χ4n) is 2.40. The molecule has 0 radical (unpaired) electrons. The van der Waals surface area contributed by atoms with Gasteiger partial charge in [-0.15, -0.1) is 11.5 Å². The van der Waals surface area contributed by atoms with E-state index in [9.17, 15) is 9.59 Å². The van der Waals surface area contributed by atoms with Crippen LogP contribution in [-0.4, -0.2) is 31.6 Å². The van der Waals surface area contributed by atoms with Crippen LogP contribution in [0.2, 0.25) is 19.6 Å². The van der Waals surface area contributed by atoms with Crippen molar-refractivity contribution in [1.29, 1.82) is 0 Å². The molecule has 0 aliphatic carbocycles. The van der Waals surface area contributed by atoms with Crippen molar-refractivity contribution >= 4 is 30.9 Å². The number of carbonyl (C=O) groups is 2. The number of hydrogen-bond donors (Lipinski definition) is 0. The standard InChI is InChI=1S/C18H21NO3Si/c1-13(20)19-16(7-6-10-23(3,4)5)11-14-8-9-15(12-17(14)19)18(21)22-2/h8-9,11-12H,7H2,1-5H3. The Bertz CT molecular complexity index is 832. The zero-order valence-electron chi connectivity index (χ0n) is 14.2. The van der Waals surface area contributed by atoms with E-state index >= 15 is 0 Å². The quantitative estimate of drug-likeness (QED) is 0.482. The highest BCUT2D eigenvalue weighted by Crippen LogP contribution is 2.22. The van der Waals surface area contributed by atoms with Gasteiger partial charge in [-0.1, -0.05) is 25.7 Å². The third-order valence-electron chi connectivity index (χ3n) is 3.35. The fraction of sp³-hybridized carbons (Fsp3) is 0.333. The Morgan fingerprint density at radius 1 is 1.22 bits per heavy atom. The second-order valence-electron chi connectivity index (χ2n) is 6.48. The molecule has 1 aromatic carbocycles. The van der Waals surface area contributed by atoms with Crippen LogP contribution in [0.4, 0.5) is 0 Å². The zero-order chi connectivity index (χ0) is 17.2. The van der Waals surface area contributed by atoms with Crippen molar-refractivity contribution in [2.24, 2.45) is 0 Å². The average Bonchev–Trinajstić information content (AvgIpc) is 2.82. The summed E-state index contributed by atoms with van der Waals surface area (Å²) in [6.07, 6.45) is 0.520. The summed E-state index contributed by atoms with van der Waals surface area (Å²) in [4.78, 5) is 23.8. The summed E-state index contributed by atoms with van der Waals surface area (Å²) in [5.74, 6) is 2.69. The van der Waals surface area contributed by atoms with Gasteiger partial charge in [-0.25, -0.2) is 4.79 Å². The van der Waals surface area contributed by atoms with Crippen LogP contribution < -0.4 is 0 Å². The highest BCUT2D eigenvalue weighted by molar-refractivity contribution is 6.83. The number of carbonyl (C=O) groups excluding carboxylic acids is 2. The minimum absolute atomic E-state index is 0.0909. The Balaban J connectivity index is 2.53. The molecule has 120 valence electrons. The van der Waals surface area contributed by atoms with Crippen molar-refractivity contribution in [3.63, 3.8) is 0 Å². The van der Waals surface area contributed by atoms with E-state index in [4.69, 9.17) is 4.74 Å². The van der Waals surface area contributed by atoms with Crippen molar-refractivity contribution < 1.29 is 14.3 Å². The van der Waals surface area contributed by atoms with Crippen LogP contribution in [0.5, 0.6) is 0 Å². The third kappa shape index (κ3) is 3.91. The minimum Gasteiger partial charge on any atom is -0.465 e. The predicted molar refractivity (Wildman–Crippen MR) is 94.4 cm³/mol. The van der Waals surface area contributed by atoms with E-state index in [0.29, 0.717) is 17.5 Å². The van der Waals surface area contributed by atoms with Gasteiger partial charge in [0, 0.05) is 24.4 Å². The Labute approximate surface area is 137 Å². The Morgan fingerprint density at radius 2 is 1.91 bits per heavy atom. The molecule has 0 amide bonds. The zero-order valence-corrected chi connectivity index (χ0v) is 15.2. The summed E-state index contributed by atoms with van der Waals surface area (Å²) >= 11 is 0. The second kappa shape index (κ2) is 6.43. The molecule has 2 aromatic rings. The highest BCUT2D eigenvalue weighted by Gasteiger charge is 2.15. The third-order valence-corrected chi connectivity index (χ3v) is 4.28. The van der Waals surface area contributed by atoms with E-state index < -0.39 is 14.0 Å². The molecule has 0 bridgehead atoms. The van der Waals surface area contributed by atoms with Crippen molar-refractivity contribution in [3.05, 3.63) is 35.5 Å². The van der Waals surface area contributed by atoms with Crippen LogP contribution in [0.15, 0.2) is 24.3 Å². The summed E-state index contributed by atoms with van der Waals surface area (Å²) in [7, 11) is -0.0987. The normalized spacial score (nSPS) is 11.0. The maximum atomic E-state index is 12.1. The first kappa shape index (κ1) is 17.0. The highest BCUT2D eigenvalue weighted by atomic mass is 28.3. The Morgan fingerprint density at radius 3 is 2.48 bits per heavy atom. The van der Waals surface area contributed by atoms with Gasteiger partial charge in [0.25, 0.3) is 0 Å². The first-order chi connectivity index (χ1) is 10.7. The number of methoxy groups -OCH3 is 1. The van der Waals surface area contributed by atoms with Gasteiger partial charge in [-0.05, 0) is 18.2 Å². The smallest absolute Gasteiger partial charge is 0.337 e. The molecular formula is C18H21NO3Si. The summed E-state index contributed by atoms with van der Waals surface area (Å²) in [6, 6.07) is 7.18. The van der Waals surface area contributed by atoms with E-state index in [1.807, 2.05) is 12.1 Å². The molecule has 0 aliphatic heterocycles. The molecule has 0 aliphatic rings. The topological polar surface area (TPSA) is 48.3 Å². The van der Waals surface area contributed by atoms with Gasteiger partial charge in [0.05, 0.1) is 18.2 Å². The molecule has 5 heteroatoms. The van der Waals surface area contributed by atoms with E-state index in [1.54, 1.807) is 16.7 Å². The van der Waals surface area contributed by atoms with Gasteiger partial charge in [0.1, 0.15) is 8.07 Å². The minimum atomic E-state index is -1.44. The van der Waals surface area contributed by atoms with Gasteiger partial charge >= 0.3 is 5.97 Å². The van der Waals surface area contributed by atoms with E-state index in [0.717, 1.165) is 11.1 Å². The summed E-state index contributed by atoms with van der Waals surface area (Å²) < 4.78 is 6.37. The number of hydrogen-bond acceptors (Lipinski definition) is 3. The monoisotopic (exact) mass is 327 g/mol. The number of fused-ring (bicyclic) bond motifs is 1. The van der Waals surface area contributed by atoms with Crippen LogP contribution in [-0.2, 0) is 11.2 Å². The first-order valence-corrected chi connectivity index (χ1v) is 11.0. The van der Waals surface area contributed by atoms with Crippen LogP contribution in [0, 0.1) is 11.5 Å². The number of esters is 1. The SMILES string of the molecule is COC(=O)c1ccc2cc(CC#C[Si](C)(C)C)n(C(C)=O)c2c1. The molecule has 4 nitrogen and oxygen atoms in total. The molecule has 0 atom stereocenters. The molecule has 0 saturated heterocycles. The molecular weight excluding hydrogens is 306 g/mol.